The van der Waals surface area contributed by atoms with Crippen molar-refractivity contribution in [1.82, 2.24) is 20.3 Å². The monoisotopic (exact) mass is 344 g/mol. The van der Waals surface area contributed by atoms with E-state index < -0.39 is 0 Å². The van der Waals surface area contributed by atoms with Crippen LogP contribution in [0.3, 0.4) is 0 Å². The van der Waals surface area contributed by atoms with Gasteiger partial charge in [-0.2, -0.15) is 0 Å². The largest absolute Gasteiger partial charge is 0.347 e. The highest BCUT2D eigenvalue weighted by atomic mass is 79.9. The summed E-state index contributed by atoms with van der Waals surface area (Å²) in [5.74, 6) is 0.979. The second-order valence-corrected chi connectivity index (χ2v) is 5.78. The number of nitrogens with one attached hydrogen (secondary N) is 2. The van der Waals surface area contributed by atoms with Gasteiger partial charge >= 0.3 is 0 Å². The molecule has 0 radical (unpaired) electrons. The molecule has 1 unspecified atom stereocenters. The summed E-state index contributed by atoms with van der Waals surface area (Å²) < 4.78 is 1.08. The molecule has 0 aliphatic heterocycles. The van der Waals surface area contributed by atoms with Gasteiger partial charge in [-0.1, -0.05) is 35.0 Å². The lowest BCUT2D eigenvalue weighted by Gasteiger charge is -2.15. The van der Waals surface area contributed by atoms with Gasteiger partial charge in [-0.3, -0.25) is 4.98 Å². The van der Waals surface area contributed by atoms with Gasteiger partial charge in [0.2, 0.25) is 0 Å². The van der Waals surface area contributed by atoms with Crippen molar-refractivity contribution in [2.45, 2.75) is 25.9 Å². The quantitative estimate of drug-likeness (QED) is 0.736. The molecule has 1 aromatic carbocycles. The number of fused-ring (bicyclic) bond motifs is 1. The molecule has 0 spiro atoms. The van der Waals surface area contributed by atoms with E-state index in [0.717, 1.165) is 34.2 Å². The van der Waals surface area contributed by atoms with Crippen LogP contribution in [-0.2, 0) is 6.54 Å². The van der Waals surface area contributed by atoms with Crippen LogP contribution in [0.15, 0.2) is 47.3 Å². The van der Waals surface area contributed by atoms with Gasteiger partial charge < -0.3 is 10.3 Å². The zero-order chi connectivity index (χ0) is 14.7. The van der Waals surface area contributed by atoms with Crippen molar-refractivity contribution in [1.29, 1.82) is 0 Å². The average Bonchev–Trinajstić information content (AvgIpc) is 3.04. The highest BCUT2D eigenvalue weighted by molar-refractivity contribution is 9.10. The van der Waals surface area contributed by atoms with Crippen molar-refractivity contribution in [2.75, 3.05) is 0 Å². The van der Waals surface area contributed by atoms with Crippen LogP contribution in [-0.4, -0.2) is 15.0 Å². The number of pyridine rings is 1. The fraction of sp³-hybridized carbons (Fsp3) is 0.250. The number of rotatable bonds is 5. The van der Waals surface area contributed by atoms with E-state index in [9.17, 15) is 0 Å². The average molecular weight is 345 g/mol. The summed E-state index contributed by atoms with van der Waals surface area (Å²) in [5.41, 5.74) is 2.23. The third-order valence-corrected chi connectivity index (χ3v) is 4.29. The predicted molar refractivity (Wildman–Crippen MR) is 87.9 cm³/mol. The van der Waals surface area contributed by atoms with Gasteiger partial charge in [0.25, 0.3) is 0 Å². The van der Waals surface area contributed by atoms with Gasteiger partial charge in [-0.15, -0.1) is 0 Å². The third kappa shape index (κ3) is 2.99. The SMILES string of the molecule is CCC(NCc1ccc(Br)c2cccnc12)c1ncc[nH]1. The fourth-order valence-electron chi connectivity index (χ4n) is 2.47. The van der Waals surface area contributed by atoms with E-state index in [0.29, 0.717) is 0 Å². The summed E-state index contributed by atoms with van der Waals surface area (Å²) >= 11 is 3.58. The third-order valence-electron chi connectivity index (χ3n) is 3.60. The first-order chi connectivity index (χ1) is 10.3. The zero-order valence-electron chi connectivity index (χ0n) is 11.8. The maximum Gasteiger partial charge on any atom is 0.123 e. The van der Waals surface area contributed by atoms with Crippen LogP contribution in [0, 0.1) is 0 Å². The lowest BCUT2D eigenvalue weighted by Crippen LogP contribution is -2.21. The van der Waals surface area contributed by atoms with E-state index in [1.807, 2.05) is 18.5 Å². The van der Waals surface area contributed by atoms with Crippen LogP contribution in [0.2, 0.25) is 0 Å². The van der Waals surface area contributed by atoms with E-state index in [2.05, 4.69) is 61.3 Å². The van der Waals surface area contributed by atoms with Gasteiger partial charge in [0.1, 0.15) is 5.82 Å². The molecule has 108 valence electrons. The Kier molecular flexibility index (Phi) is 4.31. The van der Waals surface area contributed by atoms with Crippen molar-refractivity contribution >= 4 is 26.8 Å². The lowest BCUT2D eigenvalue weighted by molar-refractivity contribution is 0.498. The van der Waals surface area contributed by atoms with Gasteiger partial charge in [-0.05, 0) is 24.1 Å². The molecule has 3 aromatic rings. The summed E-state index contributed by atoms with van der Waals surface area (Å²) in [6.45, 7) is 2.91. The molecule has 0 amide bonds. The van der Waals surface area contributed by atoms with Crippen molar-refractivity contribution in [3.63, 3.8) is 0 Å². The molecular weight excluding hydrogens is 328 g/mol. The Morgan fingerprint density at radius 1 is 1.24 bits per heavy atom. The molecule has 0 aliphatic rings. The number of hydrogen-bond acceptors (Lipinski definition) is 3. The number of nitrogens with zero attached hydrogens (tertiary/aromatic N) is 2. The Hall–Kier alpha value is -1.72. The van der Waals surface area contributed by atoms with Gasteiger partial charge in [-0.25, -0.2) is 4.98 Å². The number of aromatic amines is 1. The van der Waals surface area contributed by atoms with Crippen LogP contribution in [0.4, 0.5) is 0 Å². The molecule has 0 fully saturated rings. The lowest BCUT2D eigenvalue weighted by atomic mass is 10.1. The molecular formula is C16H17BrN4. The molecule has 2 aromatic heterocycles. The zero-order valence-corrected chi connectivity index (χ0v) is 13.4. The standard InChI is InChI=1S/C16H17BrN4/c1-2-14(16-19-8-9-20-16)21-10-11-5-6-13(17)12-4-3-7-18-15(11)12/h3-9,14,21H,2,10H2,1H3,(H,19,20). The summed E-state index contributed by atoms with van der Waals surface area (Å²) in [7, 11) is 0. The first-order valence-electron chi connectivity index (χ1n) is 7.04. The van der Waals surface area contributed by atoms with E-state index in [1.165, 1.54) is 5.56 Å². The van der Waals surface area contributed by atoms with Crippen molar-refractivity contribution in [3.8, 4) is 0 Å². The van der Waals surface area contributed by atoms with E-state index in [1.54, 1.807) is 6.20 Å². The molecule has 0 bridgehead atoms. The maximum absolute atomic E-state index is 4.52. The van der Waals surface area contributed by atoms with Crippen molar-refractivity contribution in [3.05, 3.63) is 58.7 Å². The molecule has 0 saturated carbocycles. The molecule has 0 saturated heterocycles. The van der Waals surface area contributed by atoms with E-state index in [-0.39, 0.29) is 6.04 Å². The van der Waals surface area contributed by atoms with Gasteiger partial charge in [0, 0.05) is 35.0 Å². The molecule has 1 atom stereocenters. The molecule has 3 rings (SSSR count). The molecule has 5 heteroatoms. The smallest absolute Gasteiger partial charge is 0.123 e. The number of imidazole rings is 1. The Balaban J connectivity index is 1.84. The topological polar surface area (TPSA) is 53.6 Å². The number of aromatic nitrogens is 3. The molecule has 2 heterocycles. The fourth-order valence-corrected chi connectivity index (χ4v) is 2.93. The number of hydrogen-bond donors (Lipinski definition) is 2. The first kappa shape index (κ1) is 14.2. The molecule has 21 heavy (non-hydrogen) atoms. The first-order valence-corrected chi connectivity index (χ1v) is 7.83. The van der Waals surface area contributed by atoms with Crippen LogP contribution in [0.5, 0.6) is 0 Å². The second kappa shape index (κ2) is 6.37. The van der Waals surface area contributed by atoms with Crippen LogP contribution >= 0.6 is 15.9 Å². The van der Waals surface area contributed by atoms with Crippen LogP contribution in [0.25, 0.3) is 10.9 Å². The minimum absolute atomic E-state index is 0.224. The van der Waals surface area contributed by atoms with Crippen LogP contribution < -0.4 is 5.32 Å². The highest BCUT2D eigenvalue weighted by Gasteiger charge is 2.12. The Morgan fingerprint density at radius 2 is 2.14 bits per heavy atom. The minimum atomic E-state index is 0.224. The minimum Gasteiger partial charge on any atom is -0.347 e. The second-order valence-electron chi connectivity index (χ2n) is 4.92. The van der Waals surface area contributed by atoms with Gasteiger partial charge in [0.05, 0.1) is 11.6 Å². The van der Waals surface area contributed by atoms with E-state index >= 15 is 0 Å². The van der Waals surface area contributed by atoms with E-state index in [4.69, 9.17) is 0 Å². The van der Waals surface area contributed by atoms with Gasteiger partial charge in [0.15, 0.2) is 0 Å². The molecule has 2 N–H and O–H groups in total. The summed E-state index contributed by atoms with van der Waals surface area (Å²) in [6, 6.07) is 8.46. The molecule has 0 aliphatic carbocycles. The summed E-state index contributed by atoms with van der Waals surface area (Å²) in [6.07, 6.45) is 6.46. The summed E-state index contributed by atoms with van der Waals surface area (Å²) in [4.78, 5) is 12.0. The van der Waals surface area contributed by atoms with Crippen LogP contribution in [0.1, 0.15) is 30.8 Å². The number of H-pyrrole nitrogens is 1. The molecule has 4 nitrogen and oxygen atoms in total. The Bertz CT molecular complexity index is 724. The normalized spacial score (nSPS) is 12.7. The highest BCUT2D eigenvalue weighted by Crippen LogP contribution is 2.25. The van der Waals surface area contributed by atoms with Crippen molar-refractivity contribution < 1.29 is 0 Å². The predicted octanol–water partition coefficient (Wildman–Crippen LogP) is 3.96. The Morgan fingerprint density at radius 3 is 2.90 bits per heavy atom. The summed E-state index contributed by atoms with van der Waals surface area (Å²) in [5, 5.41) is 4.69. The number of benzene rings is 1. The van der Waals surface area contributed by atoms with Crippen molar-refractivity contribution in [2.24, 2.45) is 0 Å². The maximum atomic E-state index is 4.52. The Labute approximate surface area is 132 Å². The number of halogens is 1.